The molecule has 33 heavy (non-hydrogen) atoms. The minimum atomic E-state index is -0.330. The van der Waals surface area contributed by atoms with Crippen LogP contribution in [0.25, 0.3) is 16.9 Å². The van der Waals surface area contributed by atoms with Gasteiger partial charge in [-0.25, -0.2) is 4.79 Å². The van der Waals surface area contributed by atoms with E-state index in [1.807, 2.05) is 43.3 Å². The lowest BCUT2D eigenvalue weighted by atomic mass is 10.1. The predicted octanol–water partition coefficient (Wildman–Crippen LogP) is 2.58. The van der Waals surface area contributed by atoms with E-state index in [0.29, 0.717) is 50.2 Å². The number of amides is 2. The minimum Gasteiger partial charge on any atom is -0.494 e. The first-order valence-electron chi connectivity index (χ1n) is 10.9. The zero-order chi connectivity index (χ0) is 23.2. The Morgan fingerprint density at radius 3 is 2.36 bits per heavy atom. The fourth-order valence-electron chi connectivity index (χ4n) is 3.47. The second-order valence-corrected chi connectivity index (χ2v) is 8.23. The van der Waals surface area contributed by atoms with Gasteiger partial charge in [-0.05, 0) is 50.2 Å². The second kappa shape index (κ2) is 10.5. The second-order valence-electron chi connectivity index (χ2n) is 7.28. The van der Waals surface area contributed by atoms with Crippen molar-refractivity contribution in [2.75, 3.05) is 45.1 Å². The largest absolute Gasteiger partial charge is 0.494 e. The van der Waals surface area contributed by atoms with Crippen molar-refractivity contribution in [1.29, 1.82) is 0 Å². The van der Waals surface area contributed by atoms with Crippen molar-refractivity contribution in [3.05, 3.63) is 36.4 Å². The Morgan fingerprint density at radius 2 is 1.67 bits per heavy atom. The van der Waals surface area contributed by atoms with E-state index in [9.17, 15) is 9.59 Å². The molecular formula is C22H26N6O4S. The molecular weight excluding hydrogens is 444 g/mol. The van der Waals surface area contributed by atoms with Crippen LogP contribution in [-0.4, -0.2) is 86.8 Å². The van der Waals surface area contributed by atoms with Gasteiger partial charge >= 0.3 is 6.09 Å². The first kappa shape index (κ1) is 22.8. The van der Waals surface area contributed by atoms with Crippen LogP contribution in [0.5, 0.6) is 5.75 Å². The van der Waals surface area contributed by atoms with Crippen LogP contribution in [0.1, 0.15) is 13.8 Å². The maximum absolute atomic E-state index is 12.7. The number of benzene rings is 1. The third kappa shape index (κ3) is 5.36. The molecule has 0 saturated carbocycles. The van der Waals surface area contributed by atoms with Crippen molar-refractivity contribution in [1.82, 2.24) is 29.6 Å². The molecule has 1 saturated heterocycles. The summed E-state index contributed by atoms with van der Waals surface area (Å²) in [5.41, 5.74) is 2.33. The standard InChI is InChI=1S/C22H26N6O4S/c1-3-31-17-7-5-16(6-8-17)18-9-10-19-23-24-21(28(19)25-18)33-15-20(29)26-11-13-27(14-12-26)22(30)32-4-2/h5-10H,3-4,11-15H2,1-2H3. The third-order valence-electron chi connectivity index (χ3n) is 5.18. The first-order chi connectivity index (χ1) is 16.1. The van der Waals surface area contributed by atoms with E-state index in [-0.39, 0.29) is 17.8 Å². The molecule has 1 aliphatic heterocycles. The number of fused-ring (bicyclic) bond motifs is 1. The molecule has 3 heterocycles. The molecule has 0 aliphatic carbocycles. The highest BCUT2D eigenvalue weighted by atomic mass is 32.2. The van der Waals surface area contributed by atoms with E-state index in [2.05, 4.69) is 15.3 Å². The Morgan fingerprint density at radius 1 is 0.939 bits per heavy atom. The molecule has 0 unspecified atom stereocenters. The van der Waals surface area contributed by atoms with Crippen molar-refractivity contribution in [2.45, 2.75) is 19.0 Å². The van der Waals surface area contributed by atoms with Crippen LogP contribution in [-0.2, 0) is 9.53 Å². The van der Waals surface area contributed by atoms with Crippen molar-refractivity contribution in [3.8, 4) is 17.0 Å². The smallest absolute Gasteiger partial charge is 0.409 e. The summed E-state index contributed by atoms with van der Waals surface area (Å²) < 4.78 is 12.2. The monoisotopic (exact) mass is 470 g/mol. The Bertz CT molecular complexity index is 1110. The van der Waals surface area contributed by atoms with Gasteiger partial charge in [-0.1, -0.05) is 11.8 Å². The minimum absolute atomic E-state index is 0.0112. The number of aromatic nitrogens is 4. The van der Waals surface area contributed by atoms with Gasteiger partial charge in [0.25, 0.3) is 0 Å². The molecule has 174 valence electrons. The summed E-state index contributed by atoms with van der Waals surface area (Å²) in [5.74, 6) is 1.02. The van der Waals surface area contributed by atoms with Gasteiger partial charge in [0.05, 0.1) is 24.7 Å². The zero-order valence-electron chi connectivity index (χ0n) is 18.6. The van der Waals surface area contributed by atoms with Gasteiger partial charge in [-0.15, -0.1) is 10.2 Å². The number of hydrogen-bond donors (Lipinski definition) is 0. The van der Waals surface area contributed by atoms with E-state index in [4.69, 9.17) is 9.47 Å². The number of rotatable bonds is 7. The number of thioether (sulfide) groups is 1. The van der Waals surface area contributed by atoms with Crippen molar-refractivity contribution >= 4 is 29.4 Å². The summed E-state index contributed by atoms with van der Waals surface area (Å²) in [7, 11) is 0. The summed E-state index contributed by atoms with van der Waals surface area (Å²) in [6.07, 6.45) is -0.330. The predicted molar refractivity (Wildman–Crippen MR) is 123 cm³/mol. The first-order valence-corrected chi connectivity index (χ1v) is 11.9. The molecule has 4 rings (SSSR count). The Balaban J connectivity index is 1.38. The van der Waals surface area contributed by atoms with Gasteiger partial charge in [0, 0.05) is 31.7 Å². The van der Waals surface area contributed by atoms with Gasteiger partial charge < -0.3 is 19.3 Å². The molecule has 2 amide bonds. The van der Waals surface area contributed by atoms with Crippen LogP contribution >= 0.6 is 11.8 Å². The van der Waals surface area contributed by atoms with Crippen LogP contribution in [0.3, 0.4) is 0 Å². The molecule has 3 aromatic rings. The highest BCUT2D eigenvalue weighted by Crippen LogP contribution is 2.23. The average Bonchev–Trinajstić information content (AvgIpc) is 3.25. The molecule has 2 aromatic heterocycles. The van der Waals surface area contributed by atoms with E-state index < -0.39 is 0 Å². The van der Waals surface area contributed by atoms with Crippen LogP contribution in [0, 0.1) is 0 Å². The van der Waals surface area contributed by atoms with Gasteiger partial charge in [-0.3, -0.25) is 4.79 Å². The van der Waals surface area contributed by atoms with Gasteiger partial charge in [0.2, 0.25) is 11.1 Å². The summed E-state index contributed by atoms with van der Waals surface area (Å²) in [5, 5.41) is 13.6. The summed E-state index contributed by atoms with van der Waals surface area (Å²) in [4.78, 5) is 27.9. The zero-order valence-corrected chi connectivity index (χ0v) is 19.5. The SMILES string of the molecule is CCOC(=O)N1CCN(C(=O)CSc2nnc3ccc(-c4ccc(OCC)cc4)nn23)CC1. The number of ether oxygens (including phenoxy) is 2. The Kier molecular flexibility index (Phi) is 7.28. The Labute approximate surface area is 195 Å². The molecule has 1 aromatic carbocycles. The van der Waals surface area contributed by atoms with Gasteiger partial charge in [-0.2, -0.15) is 9.61 Å². The fourth-order valence-corrected chi connectivity index (χ4v) is 4.26. The fraction of sp³-hybridized carbons (Fsp3) is 0.409. The van der Waals surface area contributed by atoms with Crippen molar-refractivity contribution < 1.29 is 19.1 Å². The third-order valence-corrected chi connectivity index (χ3v) is 6.08. The molecule has 0 spiro atoms. The molecule has 1 aliphatic rings. The number of nitrogens with zero attached hydrogens (tertiary/aromatic N) is 6. The lowest BCUT2D eigenvalue weighted by Gasteiger charge is -2.33. The quantitative estimate of drug-likeness (QED) is 0.486. The number of hydrogen-bond acceptors (Lipinski definition) is 8. The molecule has 11 heteroatoms. The topological polar surface area (TPSA) is 102 Å². The lowest BCUT2D eigenvalue weighted by Crippen LogP contribution is -2.51. The molecule has 0 bridgehead atoms. The van der Waals surface area contributed by atoms with Crippen molar-refractivity contribution in [3.63, 3.8) is 0 Å². The number of carbonyl (C=O) groups excluding carboxylic acids is 2. The van der Waals surface area contributed by atoms with E-state index in [0.717, 1.165) is 17.0 Å². The van der Waals surface area contributed by atoms with Crippen LogP contribution in [0.2, 0.25) is 0 Å². The van der Waals surface area contributed by atoms with Gasteiger partial charge in [0.1, 0.15) is 5.75 Å². The highest BCUT2D eigenvalue weighted by Gasteiger charge is 2.25. The van der Waals surface area contributed by atoms with Gasteiger partial charge in [0.15, 0.2) is 5.65 Å². The van der Waals surface area contributed by atoms with Crippen LogP contribution in [0.15, 0.2) is 41.6 Å². The molecule has 0 atom stereocenters. The maximum Gasteiger partial charge on any atom is 0.409 e. The maximum atomic E-state index is 12.7. The number of carbonyl (C=O) groups is 2. The molecule has 1 fully saturated rings. The van der Waals surface area contributed by atoms with E-state index >= 15 is 0 Å². The number of piperazine rings is 1. The highest BCUT2D eigenvalue weighted by molar-refractivity contribution is 7.99. The van der Waals surface area contributed by atoms with Crippen molar-refractivity contribution in [2.24, 2.45) is 0 Å². The van der Waals surface area contributed by atoms with E-state index in [1.165, 1.54) is 11.8 Å². The normalized spacial score (nSPS) is 13.9. The molecule has 0 radical (unpaired) electrons. The lowest BCUT2D eigenvalue weighted by molar-refractivity contribution is -0.129. The molecule has 0 N–H and O–H groups in total. The Hall–Kier alpha value is -3.34. The summed E-state index contributed by atoms with van der Waals surface area (Å²) in [6.45, 7) is 6.59. The average molecular weight is 471 g/mol. The van der Waals surface area contributed by atoms with Crippen LogP contribution in [0.4, 0.5) is 4.79 Å². The van der Waals surface area contributed by atoms with Crippen LogP contribution < -0.4 is 4.74 Å². The summed E-state index contributed by atoms with van der Waals surface area (Å²) >= 11 is 1.30. The molecule has 10 nitrogen and oxygen atoms in total. The van der Waals surface area contributed by atoms with E-state index in [1.54, 1.807) is 21.2 Å². The summed E-state index contributed by atoms with van der Waals surface area (Å²) in [6, 6.07) is 11.5.